The fourth-order valence-corrected chi connectivity index (χ4v) is 4.07. The Morgan fingerprint density at radius 3 is 2.57 bits per heavy atom. The molecule has 2 aromatic heterocycles. The van der Waals surface area contributed by atoms with Crippen LogP contribution in [0.4, 0.5) is 11.5 Å². The molecule has 3 N–H and O–H groups in total. The van der Waals surface area contributed by atoms with Crippen molar-refractivity contribution < 1.29 is 18.8 Å². The van der Waals surface area contributed by atoms with Crippen molar-refractivity contribution in [1.29, 1.82) is 0 Å². The Morgan fingerprint density at radius 2 is 1.89 bits per heavy atom. The number of thioether (sulfide) groups is 1. The van der Waals surface area contributed by atoms with Crippen molar-refractivity contribution in [1.82, 2.24) is 19.9 Å². The Morgan fingerprint density at radius 1 is 1.11 bits per heavy atom. The number of benzene rings is 2. The largest absolute Gasteiger partial charge is 0.493 e. The van der Waals surface area contributed by atoms with Gasteiger partial charge in [-0.15, -0.1) is 11.8 Å². The van der Waals surface area contributed by atoms with Crippen molar-refractivity contribution in [2.45, 2.75) is 25.4 Å². The Hall–Kier alpha value is -3.99. The van der Waals surface area contributed by atoms with Gasteiger partial charge in [-0.1, -0.05) is 11.2 Å². The Kier molecular flexibility index (Phi) is 6.97. The summed E-state index contributed by atoms with van der Waals surface area (Å²) < 4.78 is 17.6. The van der Waals surface area contributed by atoms with E-state index in [0.29, 0.717) is 39.2 Å². The number of carbonyl (C=O) groups excluding carboxylic acids is 1. The average Bonchev–Trinajstić information content (AvgIpc) is 3.45. The summed E-state index contributed by atoms with van der Waals surface area (Å²) >= 11 is 1.37. The van der Waals surface area contributed by atoms with Gasteiger partial charge in [0.25, 0.3) is 5.89 Å². The van der Waals surface area contributed by atoms with Crippen LogP contribution in [0.25, 0.3) is 22.8 Å². The number of rotatable bonds is 8. The SMILES string of the molecule is COc1ccc(-c2noc(-c3c(SC)nn(CC(=O)Nc4ccc(C)c(C)c4)c3N)n2)cc1OC. The number of amides is 1. The molecule has 0 saturated carbocycles. The topological polar surface area (TPSA) is 130 Å². The van der Waals surface area contributed by atoms with Crippen LogP contribution in [-0.2, 0) is 11.3 Å². The molecule has 35 heavy (non-hydrogen) atoms. The molecule has 0 bridgehead atoms. The highest BCUT2D eigenvalue weighted by Gasteiger charge is 2.24. The van der Waals surface area contributed by atoms with E-state index in [9.17, 15) is 4.79 Å². The van der Waals surface area contributed by atoms with Crippen LogP contribution in [0.3, 0.4) is 0 Å². The number of nitrogen functional groups attached to an aromatic ring is 1. The van der Waals surface area contributed by atoms with Gasteiger partial charge in [0.05, 0.1) is 14.2 Å². The first kappa shape index (κ1) is 24.1. The number of carbonyl (C=O) groups is 1. The number of anilines is 2. The van der Waals surface area contributed by atoms with Gasteiger partial charge in [-0.2, -0.15) is 10.1 Å². The first-order valence-electron chi connectivity index (χ1n) is 10.7. The third kappa shape index (κ3) is 4.94. The lowest BCUT2D eigenvalue weighted by Gasteiger charge is -2.08. The maximum atomic E-state index is 12.7. The average molecular weight is 495 g/mol. The van der Waals surface area contributed by atoms with Gasteiger partial charge in [-0.3, -0.25) is 4.79 Å². The standard InChI is InChI=1S/C24H26N6O4S/c1-13-6-8-16(10-14(13)2)26-19(31)12-30-21(25)20(24(28-30)35-5)23-27-22(29-34-23)15-7-9-17(32-3)18(11-15)33-4/h6-11H,12,25H2,1-5H3,(H,26,31). The summed E-state index contributed by atoms with van der Waals surface area (Å²) in [6.45, 7) is 3.95. The number of hydrogen-bond acceptors (Lipinski definition) is 9. The molecule has 0 atom stereocenters. The second-order valence-corrected chi connectivity index (χ2v) is 8.56. The molecule has 0 aliphatic heterocycles. The number of aromatic nitrogens is 4. The molecule has 182 valence electrons. The van der Waals surface area contributed by atoms with E-state index in [4.69, 9.17) is 19.7 Å². The summed E-state index contributed by atoms with van der Waals surface area (Å²) in [6, 6.07) is 11.1. The summed E-state index contributed by atoms with van der Waals surface area (Å²) in [5.41, 5.74) is 10.5. The Balaban J connectivity index is 1.59. The van der Waals surface area contributed by atoms with Gasteiger partial charge in [0.2, 0.25) is 11.7 Å². The molecule has 0 unspecified atom stereocenters. The fraction of sp³-hybridized carbons (Fsp3) is 0.250. The number of nitrogens with zero attached hydrogens (tertiary/aromatic N) is 4. The van der Waals surface area contributed by atoms with E-state index in [1.165, 1.54) is 16.4 Å². The summed E-state index contributed by atoms with van der Waals surface area (Å²) in [5, 5.41) is 12.0. The second-order valence-electron chi connectivity index (χ2n) is 7.77. The molecule has 10 nitrogen and oxygen atoms in total. The lowest BCUT2D eigenvalue weighted by Crippen LogP contribution is -2.20. The molecule has 0 fully saturated rings. The zero-order valence-corrected chi connectivity index (χ0v) is 20.9. The van der Waals surface area contributed by atoms with Crippen LogP contribution in [0.2, 0.25) is 0 Å². The van der Waals surface area contributed by atoms with Crippen LogP contribution in [0.15, 0.2) is 45.9 Å². The van der Waals surface area contributed by atoms with E-state index < -0.39 is 0 Å². The monoisotopic (exact) mass is 494 g/mol. The molecule has 11 heteroatoms. The van der Waals surface area contributed by atoms with E-state index in [1.54, 1.807) is 32.4 Å². The van der Waals surface area contributed by atoms with Crippen molar-refractivity contribution in [2.24, 2.45) is 0 Å². The van der Waals surface area contributed by atoms with E-state index in [2.05, 4.69) is 20.6 Å². The van der Waals surface area contributed by atoms with Gasteiger partial charge >= 0.3 is 0 Å². The van der Waals surface area contributed by atoms with Crippen LogP contribution in [0.1, 0.15) is 11.1 Å². The Labute approximate surface area is 206 Å². The van der Waals surface area contributed by atoms with E-state index in [1.807, 2.05) is 38.3 Å². The first-order chi connectivity index (χ1) is 16.8. The van der Waals surface area contributed by atoms with Crippen molar-refractivity contribution in [3.05, 3.63) is 47.5 Å². The van der Waals surface area contributed by atoms with Crippen molar-refractivity contribution in [3.8, 4) is 34.3 Å². The number of nitrogens with two attached hydrogens (primary N) is 1. The highest BCUT2D eigenvalue weighted by Crippen LogP contribution is 2.36. The highest BCUT2D eigenvalue weighted by molar-refractivity contribution is 7.98. The van der Waals surface area contributed by atoms with Gasteiger partial charge in [0, 0.05) is 11.3 Å². The molecular weight excluding hydrogens is 468 g/mol. The highest BCUT2D eigenvalue weighted by atomic mass is 32.2. The minimum atomic E-state index is -0.252. The molecule has 4 rings (SSSR count). The van der Waals surface area contributed by atoms with Crippen molar-refractivity contribution in [2.75, 3.05) is 31.5 Å². The van der Waals surface area contributed by atoms with Crippen LogP contribution < -0.4 is 20.5 Å². The number of hydrogen-bond donors (Lipinski definition) is 2. The lowest BCUT2D eigenvalue weighted by molar-refractivity contribution is -0.116. The minimum absolute atomic E-state index is 0.0665. The molecule has 1 amide bonds. The summed E-state index contributed by atoms with van der Waals surface area (Å²) in [7, 11) is 3.12. The van der Waals surface area contributed by atoms with Crippen LogP contribution in [0.5, 0.6) is 11.5 Å². The molecule has 0 aliphatic carbocycles. The number of nitrogens with one attached hydrogen (secondary N) is 1. The molecule has 2 heterocycles. The predicted octanol–water partition coefficient (Wildman–Crippen LogP) is 4.18. The third-order valence-corrected chi connectivity index (χ3v) is 6.19. The maximum Gasteiger partial charge on any atom is 0.264 e. The quantitative estimate of drug-likeness (QED) is 0.346. The maximum absolute atomic E-state index is 12.7. The van der Waals surface area contributed by atoms with Crippen LogP contribution in [-0.4, -0.2) is 46.3 Å². The molecule has 4 aromatic rings. The predicted molar refractivity (Wildman–Crippen MR) is 135 cm³/mol. The summed E-state index contributed by atoms with van der Waals surface area (Å²) in [6.07, 6.45) is 1.86. The lowest BCUT2D eigenvalue weighted by atomic mass is 10.1. The van der Waals surface area contributed by atoms with Gasteiger partial charge in [0.1, 0.15) is 23.0 Å². The molecule has 0 radical (unpaired) electrons. The molecule has 0 spiro atoms. The van der Waals surface area contributed by atoms with E-state index >= 15 is 0 Å². The smallest absolute Gasteiger partial charge is 0.264 e. The molecular formula is C24H26N6O4S. The van der Waals surface area contributed by atoms with Gasteiger partial charge in [-0.25, -0.2) is 4.68 Å². The summed E-state index contributed by atoms with van der Waals surface area (Å²) in [4.78, 5) is 17.2. The number of ether oxygens (including phenoxy) is 2. The van der Waals surface area contributed by atoms with Crippen LogP contribution in [0, 0.1) is 13.8 Å². The fourth-order valence-electron chi connectivity index (χ4n) is 3.49. The van der Waals surface area contributed by atoms with Gasteiger partial charge in [0.15, 0.2) is 11.5 Å². The zero-order chi connectivity index (χ0) is 25.1. The van der Waals surface area contributed by atoms with Crippen LogP contribution >= 0.6 is 11.8 Å². The zero-order valence-electron chi connectivity index (χ0n) is 20.1. The number of methoxy groups -OCH3 is 2. The number of aryl methyl sites for hydroxylation is 2. The molecule has 0 aliphatic rings. The van der Waals surface area contributed by atoms with E-state index in [-0.39, 0.29) is 24.2 Å². The Bertz CT molecular complexity index is 1380. The molecule has 2 aromatic carbocycles. The normalized spacial score (nSPS) is 10.9. The van der Waals surface area contributed by atoms with E-state index in [0.717, 1.165) is 11.1 Å². The van der Waals surface area contributed by atoms with Crippen molar-refractivity contribution in [3.63, 3.8) is 0 Å². The minimum Gasteiger partial charge on any atom is -0.493 e. The summed E-state index contributed by atoms with van der Waals surface area (Å²) in [5.74, 6) is 1.70. The van der Waals surface area contributed by atoms with Gasteiger partial charge < -0.3 is 25.0 Å². The van der Waals surface area contributed by atoms with Crippen molar-refractivity contribution >= 4 is 29.2 Å². The third-order valence-electron chi connectivity index (χ3n) is 5.52. The first-order valence-corrected chi connectivity index (χ1v) is 11.9. The molecule has 0 saturated heterocycles. The van der Waals surface area contributed by atoms with Gasteiger partial charge in [-0.05, 0) is 61.6 Å². The second kappa shape index (κ2) is 10.1.